The monoisotopic (exact) mass is 358 g/mol. The highest BCUT2D eigenvalue weighted by molar-refractivity contribution is 9.11. The van der Waals surface area contributed by atoms with Crippen molar-refractivity contribution >= 4 is 48.9 Å². The highest BCUT2D eigenvalue weighted by Crippen LogP contribution is 2.34. The molecule has 0 unspecified atom stereocenters. The van der Waals surface area contributed by atoms with Crippen LogP contribution in [-0.2, 0) is 0 Å². The molecule has 0 heterocycles. The number of para-hydroxylation sites is 1. The van der Waals surface area contributed by atoms with E-state index in [1.54, 1.807) is 0 Å². The number of benzene rings is 2. The van der Waals surface area contributed by atoms with Crippen LogP contribution in [0.5, 0.6) is 0 Å². The molecule has 0 spiro atoms. The maximum absolute atomic E-state index is 13.1. The van der Waals surface area contributed by atoms with E-state index in [1.807, 2.05) is 18.2 Å². The Morgan fingerprint density at radius 2 is 1.71 bits per heavy atom. The highest BCUT2D eigenvalue weighted by Gasteiger charge is 2.07. The average Bonchev–Trinajstić information content (AvgIpc) is 2.28. The van der Waals surface area contributed by atoms with Gasteiger partial charge in [0.1, 0.15) is 5.82 Å². The van der Waals surface area contributed by atoms with Crippen LogP contribution in [0, 0.1) is 5.82 Å². The summed E-state index contributed by atoms with van der Waals surface area (Å²) in [6.45, 7) is 0. The Bertz CT molecular complexity index is 538. The van der Waals surface area contributed by atoms with Gasteiger partial charge in [-0.2, -0.15) is 0 Å². The zero-order chi connectivity index (χ0) is 12.4. The Morgan fingerprint density at radius 1 is 1.06 bits per heavy atom. The highest BCUT2D eigenvalue weighted by atomic mass is 79.9. The minimum absolute atomic E-state index is 0.329. The number of nitrogen functional groups attached to an aromatic ring is 1. The Balaban J connectivity index is 2.41. The number of rotatable bonds is 2. The van der Waals surface area contributed by atoms with E-state index in [1.165, 1.54) is 18.2 Å². The van der Waals surface area contributed by atoms with Crippen LogP contribution in [0.2, 0.25) is 0 Å². The first kappa shape index (κ1) is 12.4. The van der Waals surface area contributed by atoms with E-state index in [2.05, 4.69) is 37.2 Å². The topological polar surface area (TPSA) is 38.0 Å². The SMILES string of the molecule is Nc1ccc(F)cc1Nc1c(Br)cccc1Br. The largest absolute Gasteiger partial charge is 0.397 e. The van der Waals surface area contributed by atoms with Crippen molar-refractivity contribution in [3.05, 3.63) is 51.2 Å². The van der Waals surface area contributed by atoms with Crippen LogP contribution in [0.25, 0.3) is 0 Å². The van der Waals surface area contributed by atoms with Crippen molar-refractivity contribution in [3.8, 4) is 0 Å². The number of anilines is 3. The smallest absolute Gasteiger partial charge is 0.125 e. The molecule has 88 valence electrons. The number of hydrogen-bond acceptors (Lipinski definition) is 2. The van der Waals surface area contributed by atoms with Crippen LogP contribution < -0.4 is 11.1 Å². The second-order valence-electron chi connectivity index (χ2n) is 3.45. The summed E-state index contributed by atoms with van der Waals surface area (Å²) in [5.74, 6) is -0.329. The van der Waals surface area contributed by atoms with Crippen LogP contribution in [0.15, 0.2) is 45.3 Å². The van der Waals surface area contributed by atoms with Crippen molar-refractivity contribution in [2.75, 3.05) is 11.1 Å². The predicted octanol–water partition coefficient (Wildman–Crippen LogP) is 4.68. The molecule has 0 aromatic heterocycles. The standard InChI is InChI=1S/C12H9Br2FN2/c13-8-2-1-3-9(14)12(8)17-11-6-7(15)4-5-10(11)16/h1-6,17H,16H2. The fraction of sp³-hybridized carbons (Fsp3) is 0. The predicted molar refractivity (Wildman–Crippen MR) is 75.9 cm³/mol. The van der Waals surface area contributed by atoms with Gasteiger partial charge in [-0.25, -0.2) is 4.39 Å². The molecule has 2 aromatic rings. The minimum atomic E-state index is -0.329. The average molecular weight is 360 g/mol. The van der Waals surface area contributed by atoms with Gasteiger partial charge in [0.15, 0.2) is 0 Å². The third-order valence-corrected chi connectivity index (χ3v) is 3.56. The third kappa shape index (κ3) is 2.79. The number of nitrogens with one attached hydrogen (secondary N) is 1. The Labute approximate surface area is 115 Å². The van der Waals surface area contributed by atoms with Crippen molar-refractivity contribution in [1.82, 2.24) is 0 Å². The molecule has 5 heteroatoms. The Hall–Kier alpha value is -1.07. The summed E-state index contributed by atoms with van der Waals surface area (Å²) in [4.78, 5) is 0. The second-order valence-corrected chi connectivity index (χ2v) is 5.16. The van der Waals surface area contributed by atoms with Gasteiger partial charge in [0.25, 0.3) is 0 Å². The maximum atomic E-state index is 13.1. The van der Waals surface area contributed by atoms with E-state index >= 15 is 0 Å². The van der Waals surface area contributed by atoms with Crippen molar-refractivity contribution in [2.45, 2.75) is 0 Å². The summed E-state index contributed by atoms with van der Waals surface area (Å²) < 4.78 is 14.9. The molecule has 0 amide bonds. The summed E-state index contributed by atoms with van der Waals surface area (Å²) in [7, 11) is 0. The molecule has 0 radical (unpaired) electrons. The Morgan fingerprint density at radius 3 is 2.35 bits per heavy atom. The molecule has 17 heavy (non-hydrogen) atoms. The number of halogens is 3. The van der Waals surface area contributed by atoms with E-state index in [9.17, 15) is 4.39 Å². The molecule has 0 fully saturated rings. The zero-order valence-electron chi connectivity index (χ0n) is 8.68. The molecule has 0 aliphatic rings. The Kier molecular flexibility index (Phi) is 3.69. The third-order valence-electron chi connectivity index (χ3n) is 2.24. The molecule has 0 saturated carbocycles. The molecule has 0 aliphatic carbocycles. The fourth-order valence-corrected chi connectivity index (χ4v) is 2.59. The minimum Gasteiger partial charge on any atom is -0.397 e. The van der Waals surface area contributed by atoms with Crippen molar-refractivity contribution in [1.29, 1.82) is 0 Å². The molecule has 0 bridgehead atoms. The first-order valence-electron chi connectivity index (χ1n) is 4.84. The van der Waals surface area contributed by atoms with E-state index in [0.29, 0.717) is 11.4 Å². The molecule has 0 atom stereocenters. The summed E-state index contributed by atoms with van der Waals surface area (Å²) in [5, 5.41) is 3.09. The fourth-order valence-electron chi connectivity index (χ4n) is 1.39. The van der Waals surface area contributed by atoms with Gasteiger partial charge in [-0.15, -0.1) is 0 Å². The van der Waals surface area contributed by atoms with Crippen LogP contribution >= 0.6 is 31.9 Å². The molecule has 3 N–H and O–H groups in total. The summed E-state index contributed by atoms with van der Waals surface area (Å²) >= 11 is 6.84. The van der Waals surface area contributed by atoms with Gasteiger partial charge >= 0.3 is 0 Å². The quantitative estimate of drug-likeness (QED) is 0.764. The normalized spacial score (nSPS) is 10.3. The first-order valence-corrected chi connectivity index (χ1v) is 6.42. The van der Waals surface area contributed by atoms with Crippen LogP contribution in [0.4, 0.5) is 21.5 Å². The van der Waals surface area contributed by atoms with E-state index in [-0.39, 0.29) is 5.82 Å². The van der Waals surface area contributed by atoms with Gasteiger partial charge in [-0.3, -0.25) is 0 Å². The summed E-state index contributed by atoms with van der Waals surface area (Å²) in [5.41, 5.74) is 7.62. The van der Waals surface area contributed by atoms with Gasteiger partial charge in [0.05, 0.1) is 17.1 Å². The van der Waals surface area contributed by atoms with Gasteiger partial charge < -0.3 is 11.1 Å². The second kappa shape index (κ2) is 5.06. The van der Waals surface area contributed by atoms with E-state index in [0.717, 1.165) is 14.6 Å². The lowest BCUT2D eigenvalue weighted by molar-refractivity contribution is 0.628. The summed E-state index contributed by atoms with van der Waals surface area (Å²) in [6.07, 6.45) is 0. The van der Waals surface area contributed by atoms with Crippen LogP contribution in [0.1, 0.15) is 0 Å². The molecule has 0 aliphatic heterocycles. The van der Waals surface area contributed by atoms with Crippen molar-refractivity contribution in [2.24, 2.45) is 0 Å². The lowest BCUT2D eigenvalue weighted by Crippen LogP contribution is -1.98. The van der Waals surface area contributed by atoms with Crippen LogP contribution in [0.3, 0.4) is 0 Å². The number of hydrogen-bond donors (Lipinski definition) is 2. The number of nitrogens with two attached hydrogens (primary N) is 1. The van der Waals surface area contributed by atoms with Gasteiger partial charge in [-0.1, -0.05) is 6.07 Å². The van der Waals surface area contributed by atoms with E-state index in [4.69, 9.17) is 5.73 Å². The van der Waals surface area contributed by atoms with E-state index < -0.39 is 0 Å². The lowest BCUT2D eigenvalue weighted by atomic mass is 10.2. The van der Waals surface area contributed by atoms with Gasteiger partial charge in [0.2, 0.25) is 0 Å². The molecular weight excluding hydrogens is 351 g/mol. The summed E-state index contributed by atoms with van der Waals surface area (Å²) in [6, 6.07) is 9.90. The van der Waals surface area contributed by atoms with Crippen molar-refractivity contribution < 1.29 is 4.39 Å². The molecule has 2 rings (SSSR count). The van der Waals surface area contributed by atoms with Gasteiger partial charge in [-0.05, 0) is 62.2 Å². The molecule has 0 saturated heterocycles. The van der Waals surface area contributed by atoms with Gasteiger partial charge in [0, 0.05) is 8.95 Å². The molecule has 2 aromatic carbocycles. The molecule has 2 nitrogen and oxygen atoms in total. The molecular formula is C12H9Br2FN2. The maximum Gasteiger partial charge on any atom is 0.125 e. The zero-order valence-corrected chi connectivity index (χ0v) is 11.8. The lowest BCUT2D eigenvalue weighted by Gasteiger charge is -2.12. The first-order chi connectivity index (χ1) is 8.08. The van der Waals surface area contributed by atoms with Crippen molar-refractivity contribution in [3.63, 3.8) is 0 Å². The van der Waals surface area contributed by atoms with Crippen LogP contribution in [-0.4, -0.2) is 0 Å².